The number of hydrogen-bond donors (Lipinski definition) is 3. The summed E-state index contributed by atoms with van der Waals surface area (Å²) in [6, 6.07) is 16.9. The van der Waals surface area contributed by atoms with E-state index in [1.165, 1.54) is 21.4 Å². The van der Waals surface area contributed by atoms with E-state index in [1.807, 2.05) is 58.0 Å². The number of carbonyl (C=O) groups excluding carboxylic acids is 2. The maximum atomic E-state index is 13.7. The molecule has 0 heterocycles. The molecule has 0 aliphatic heterocycles. The second-order valence-corrected chi connectivity index (χ2v) is 13.5. The molecule has 0 bridgehead atoms. The van der Waals surface area contributed by atoms with Crippen LogP contribution in [0.15, 0.2) is 65.6 Å². The number of sulfonamides is 1. The summed E-state index contributed by atoms with van der Waals surface area (Å²) in [6.45, 7) is 7.78. The minimum atomic E-state index is -3.93. The van der Waals surface area contributed by atoms with Crippen LogP contribution in [0.5, 0.6) is 0 Å². The van der Waals surface area contributed by atoms with Crippen molar-refractivity contribution < 1.29 is 23.1 Å². The monoisotopic (exact) mass is 586 g/mol. The number of nitrogens with zero attached hydrogens (tertiary/aromatic N) is 2. The summed E-state index contributed by atoms with van der Waals surface area (Å²) in [5.41, 5.74) is 3.62. The normalized spacial score (nSPS) is 15.9. The van der Waals surface area contributed by atoms with E-state index in [9.17, 15) is 23.1 Å². The van der Waals surface area contributed by atoms with Crippen molar-refractivity contribution in [1.82, 2.24) is 20.1 Å². The van der Waals surface area contributed by atoms with Gasteiger partial charge in [0.1, 0.15) is 0 Å². The number of hydrazine groups is 1. The molecule has 3 atom stereocenters. The molecule has 226 valence electrons. The van der Waals surface area contributed by atoms with Crippen molar-refractivity contribution in [3.05, 3.63) is 66.2 Å². The Morgan fingerprint density at radius 2 is 1.59 bits per heavy atom. The second-order valence-electron chi connectivity index (χ2n) is 11.5. The van der Waals surface area contributed by atoms with Gasteiger partial charge >= 0.3 is 0 Å². The molecular formula is C31H46N4O5S. The average Bonchev–Trinajstić information content (AvgIpc) is 3.78. The topological polar surface area (TPSA) is 119 Å². The molecule has 3 rings (SSSR count). The fourth-order valence-electron chi connectivity index (χ4n) is 4.57. The number of aliphatic hydroxyl groups is 1. The van der Waals surface area contributed by atoms with Crippen LogP contribution < -0.4 is 10.7 Å². The van der Waals surface area contributed by atoms with Crippen molar-refractivity contribution in [1.29, 1.82) is 0 Å². The Bertz CT molecular complexity index is 1210. The minimum Gasteiger partial charge on any atom is -0.390 e. The first-order valence-corrected chi connectivity index (χ1v) is 16.1. The van der Waals surface area contributed by atoms with E-state index >= 15 is 0 Å². The van der Waals surface area contributed by atoms with E-state index in [-0.39, 0.29) is 61.0 Å². The minimum absolute atomic E-state index is 0.00963. The summed E-state index contributed by atoms with van der Waals surface area (Å²) >= 11 is 0. The predicted octanol–water partition coefficient (Wildman–Crippen LogP) is 3.35. The van der Waals surface area contributed by atoms with Gasteiger partial charge in [-0.2, -0.15) is 4.31 Å². The quantitative estimate of drug-likeness (QED) is 0.260. The van der Waals surface area contributed by atoms with Crippen LogP contribution in [0, 0.1) is 11.8 Å². The van der Waals surface area contributed by atoms with E-state index in [1.54, 1.807) is 18.2 Å². The molecule has 9 nitrogen and oxygen atoms in total. The van der Waals surface area contributed by atoms with Gasteiger partial charge in [0.15, 0.2) is 0 Å². The molecule has 10 heteroatoms. The predicted molar refractivity (Wildman–Crippen MR) is 160 cm³/mol. The highest BCUT2D eigenvalue weighted by molar-refractivity contribution is 7.89. The Morgan fingerprint density at radius 3 is 2.15 bits per heavy atom. The number of amides is 2. The molecule has 0 spiro atoms. The number of nitrogens with one attached hydrogen (secondary N) is 2. The van der Waals surface area contributed by atoms with Crippen molar-refractivity contribution in [3.8, 4) is 0 Å². The fourth-order valence-corrected chi connectivity index (χ4v) is 6.22. The van der Waals surface area contributed by atoms with Crippen LogP contribution in [0.1, 0.15) is 58.9 Å². The van der Waals surface area contributed by atoms with Gasteiger partial charge in [-0.15, -0.1) is 0 Å². The Hall–Kier alpha value is -2.79. The van der Waals surface area contributed by atoms with Crippen LogP contribution in [0.3, 0.4) is 0 Å². The summed E-state index contributed by atoms with van der Waals surface area (Å²) in [4.78, 5) is 26.8. The van der Waals surface area contributed by atoms with Gasteiger partial charge in [0, 0.05) is 25.6 Å². The zero-order valence-electron chi connectivity index (χ0n) is 24.7. The summed E-state index contributed by atoms with van der Waals surface area (Å²) in [5.74, 6) is -0.641. The SMILES string of the molecule is CC[C@H](C)CC(=O)N(NC(=O)CNC1CC1)C(Cc1ccccc1)[C@H](O)CN(CC(C)C)S(=O)(=O)c1ccccc1. The maximum absolute atomic E-state index is 13.7. The third-order valence-corrected chi connectivity index (χ3v) is 9.11. The molecular weight excluding hydrogens is 540 g/mol. The van der Waals surface area contributed by atoms with Gasteiger partial charge in [0.25, 0.3) is 5.91 Å². The second kappa shape index (κ2) is 15.4. The lowest BCUT2D eigenvalue weighted by Crippen LogP contribution is -2.60. The molecule has 41 heavy (non-hydrogen) atoms. The molecule has 3 N–H and O–H groups in total. The lowest BCUT2D eigenvalue weighted by Gasteiger charge is -2.37. The molecule has 1 unspecified atom stereocenters. The molecule has 2 aromatic rings. The molecule has 2 amide bonds. The Balaban J connectivity index is 1.95. The van der Waals surface area contributed by atoms with E-state index in [2.05, 4.69) is 10.7 Å². The molecule has 1 saturated carbocycles. The summed E-state index contributed by atoms with van der Waals surface area (Å²) in [5, 5.41) is 16.2. The Morgan fingerprint density at radius 1 is 0.976 bits per heavy atom. The van der Waals surface area contributed by atoms with Gasteiger partial charge in [-0.25, -0.2) is 13.4 Å². The van der Waals surface area contributed by atoms with Gasteiger partial charge in [0.05, 0.1) is 23.6 Å². The average molecular weight is 587 g/mol. The molecule has 0 saturated heterocycles. The number of benzene rings is 2. The summed E-state index contributed by atoms with van der Waals surface area (Å²) in [7, 11) is -3.93. The Labute approximate surface area is 245 Å². The smallest absolute Gasteiger partial charge is 0.252 e. The van der Waals surface area contributed by atoms with Gasteiger partial charge < -0.3 is 10.4 Å². The van der Waals surface area contributed by atoms with Gasteiger partial charge in [-0.05, 0) is 48.8 Å². The van der Waals surface area contributed by atoms with Crippen molar-refractivity contribution in [2.24, 2.45) is 11.8 Å². The third kappa shape index (κ3) is 10.2. The number of aliphatic hydroxyl groups excluding tert-OH is 1. The van der Waals surface area contributed by atoms with E-state index in [0.29, 0.717) is 6.04 Å². The van der Waals surface area contributed by atoms with Crippen LogP contribution in [-0.2, 0) is 26.0 Å². The highest BCUT2D eigenvalue weighted by atomic mass is 32.2. The van der Waals surface area contributed by atoms with Crippen molar-refractivity contribution in [2.45, 2.75) is 82.9 Å². The highest BCUT2D eigenvalue weighted by Crippen LogP contribution is 2.22. The van der Waals surface area contributed by atoms with Gasteiger partial charge in [-0.1, -0.05) is 82.6 Å². The molecule has 2 aromatic carbocycles. The lowest BCUT2D eigenvalue weighted by molar-refractivity contribution is -0.148. The molecule has 1 fully saturated rings. The number of carbonyl (C=O) groups is 2. The zero-order valence-corrected chi connectivity index (χ0v) is 25.5. The van der Waals surface area contributed by atoms with Crippen molar-refractivity contribution in [3.63, 3.8) is 0 Å². The molecule has 1 aliphatic rings. The largest absolute Gasteiger partial charge is 0.390 e. The summed E-state index contributed by atoms with van der Waals surface area (Å²) in [6.07, 6.45) is 1.93. The first-order valence-electron chi connectivity index (χ1n) is 14.6. The van der Waals surface area contributed by atoms with Crippen LogP contribution >= 0.6 is 0 Å². The third-order valence-electron chi connectivity index (χ3n) is 7.27. The van der Waals surface area contributed by atoms with Gasteiger partial charge in [-0.3, -0.25) is 15.0 Å². The zero-order chi connectivity index (χ0) is 30.0. The van der Waals surface area contributed by atoms with Crippen molar-refractivity contribution >= 4 is 21.8 Å². The maximum Gasteiger partial charge on any atom is 0.252 e. The highest BCUT2D eigenvalue weighted by Gasteiger charge is 2.36. The number of rotatable bonds is 16. The molecule has 0 aromatic heterocycles. The van der Waals surface area contributed by atoms with E-state index < -0.39 is 22.2 Å². The van der Waals surface area contributed by atoms with Crippen molar-refractivity contribution in [2.75, 3.05) is 19.6 Å². The Kier molecular flexibility index (Phi) is 12.3. The molecule has 0 radical (unpaired) electrons. The van der Waals surface area contributed by atoms with Crippen LogP contribution in [0.2, 0.25) is 0 Å². The number of hydrogen-bond acceptors (Lipinski definition) is 6. The first kappa shape index (κ1) is 32.7. The fraction of sp³-hybridized carbons (Fsp3) is 0.548. The van der Waals surface area contributed by atoms with Crippen LogP contribution in [0.25, 0.3) is 0 Å². The van der Waals surface area contributed by atoms with E-state index in [4.69, 9.17) is 0 Å². The van der Waals surface area contributed by atoms with Gasteiger partial charge in [0.2, 0.25) is 15.9 Å². The first-order chi connectivity index (χ1) is 19.5. The standard InChI is InChI=1S/C31H46N4O5S/c1-5-24(4)18-31(38)35(33-30(37)20-32-26-16-17-26)28(19-25-12-8-6-9-13-25)29(36)22-34(21-23(2)3)41(39,40)27-14-10-7-11-15-27/h6-15,23-24,26,28-29,32,36H,5,16-22H2,1-4H3,(H,33,37)/t24-,28?,29+/m0/s1. The lowest BCUT2D eigenvalue weighted by atomic mass is 9.98. The molecule has 1 aliphatic carbocycles. The van der Waals surface area contributed by atoms with Crippen LogP contribution in [-0.4, -0.2) is 72.5 Å². The van der Waals surface area contributed by atoms with Crippen LogP contribution in [0.4, 0.5) is 0 Å². The van der Waals surface area contributed by atoms with E-state index in [0.717, 1.165) is 24.8 Å². The summed E-state index contributed by atoms with van der Waals surface area (Å²) < 4.78 is 28.6.